The maximum atomic E-state index is 12.4. The van der Waals surface area contributed by atoms with Gasteiger partial charge in [0, 0.05) is 28.5 Å². The fraction of sp³-hybridized carbons (Fsp3) is 0.278. The number of carbonyl (C=O) groups excluding carboxylic acids is 2. The summed E-state index contributed by atoms with van der Waals surface area (Å²) in [5.74, 6) is -0.320. The number of aromatic nitrogens is 1. The second kappa shape index (κ2) is 7.84. The molecule has 136 valence electrons. The lowest BCUT2D eigenvalue weighted by atomic mass is 10.2. The van der Waals surface area contributed by atoms with Gasteiger partial charge in [-0.25, -0.2) is 14.6 Å². The predicted molar refractivity (Wildman–Crippen MR) is 105 cm³/mol. The second-order valence-corrected chi connectivity index (χ2v) is 8.12. The van der Waals surface area contributed by atoms with E-state index in [0.29, 0.717) is 23.7 Å². The summed E-state index contributed by atoms with van der Waals surface area (Å²) in [7, 11) is 1.74. The molecule has 2 heterocycles. The van der Waals surface area contributed by atoms with Gasteiger partial charge in [-0.2, -0.15) is 0 Å². The molecule has 0 saturated carbocycles. The molecule has 2 aromatic heterocycles. The third-order valence-electron chi connectivity index (χ3n) is 3.65. The number of hydrogen-bond donors (Lipinski definition) is 1. The van der Waals surface area contributed by atoms with Gasteiger partial charge < -0.3 is 15.0 Å². The van der Waals surface area contributed by atoms with Gasteiger partial charge in [-0.05, 0) is 43.5 Å². The summed E-state index contributed by atoms with van der Waals surface area (Å²) in [6.07, 6.45) is 1.79. The van der Waals surface area contributed by atoms with Crippen LogP contribution >= 0.6 is 22.7 Å². The van der Waals surface area contributed by atoms with Crippen LogP contribution in [0.5, 0.6) is 0 Å². The Morgan fingerprint density at radius 1 is 1.27 bits per heavy atom. The molecular formula is C18H19N3O3S2. The average molecular weight is 390 g/mol. The molecule has 3 aromatic rings. The zero-order valence-electron chi connectivity index (χ0n) is 14.7. The minimum atomic E-state index is -0.320. The molecule has 8 heteroatoms. The van der Waals surface area contributed by atoms with Crippen LogP contribution in [0.1, 0.15) is 26.5 Å². The van der Waals surface area contributed by atoms with Gasteiger partial charge in [0.1, 0.15) is 4.88 Å². The lowest BCUT2D eigenvalue weighted by Gasteiger charge is -2.17. The molecule has 0 bridgehead atoms. The number of nitrogens with zero attached hydrogens (tertiary/aromatic N) is 2. The van der Waals surface area contributed by atoms with E-state index in [-0.39, 0.29) is 12.0 Å². The molecule has 0 saturated heterocycles. The molecule has 0 unspecified atom stereocenters. The Hall–Kier alpha value is -2.45. The lowest BCUT2D eigenvalue weighted by molar-refractivity contribution is 0.0532. The number of ether oxygens (including phenoxy) is 1. The number of urea groups is 1. The normalized spacial score (nSPS) is 10.7. The summed E-state index contributed by atoms with van der Waals surface area (Å²) in [4.78, 5) is 31.6. The monoisotopic (exact) mass is 389 g/mol. The summed E-state index contributed by atoms with van der Waals surface area (Å²) in [6, 6.07) is 7.17. The van der Waals surface area contributed by atoms with Crippen LogP contribution in [0.25, 0.3) is 10.1 Å². The smallest absolute Gasteiger partial charge is 0.348 e. The Morgan fingerprint density at radius 2 is 2.08 bits per heavy atom. The number of carbonyl (C=O) groups is 2. The summed E-state index contributed by atoms with van der Waals surface area (Å²) in [5.41, 5.74) is 0.683. The largest absolute Gasteiger partial charge is 0.462 e. The van der Waals surface area contributed by atoms with E-state index >= 15 is 0 Å². The number of fused-ring (bicyclic) bond motifs is 1. The fourth-order valence-corrected chi connectivity index (χ4v) is 4.21. The summed E-state index contributed by atoms with van der Waals surface area (Å²) < 4.78 is 6.00. The number of nitrogens with one attached hydrogen (secondary N) is 1. The van der Waals surface area contributed by atoms with Crippen LogP contribution in [0.3, 0.4) is 0 Å². The standard InChI is InChI=1S/C18H19N3O3S2/c1-4-24-17(22)16-8-12-7-13(5-6-15(12)26-16)20-18(23)21(3)10-14-9-19-11(2)25-14/h5-9H,4,10H2,1-3H3,(H,20,23). The van der Waals surface area contributed by atoms with E-state index in [2.05, 4.69) is 10.3 Å². The second-order valence-electron chi connectivity index (χ2n) is 5.72. The fourth-order valence-electron chi connectivity index (χ4n) is 2.43. The molecule has 26 heavy (non-hydrogen) atoms. The minimum Gasteiger partial charge on any atom is -0.462 e. The Labute approximate surface area is 159 Å². The summed E-state index contributed by atoms with van der Waals surface area (Å²) >= 11 is 2.96. The third-order valence-corrected chi connectivity index (χ3v) is 5.65. The van der Waals surface area contributed by atoms with E-state index in [4.69, 9.17) is 4.74 Å². The van der Waals surface area contributed by atoms with E-state index in [9.17, 15) is 9.59 Å². The number of benzene rings is 1. The Balaban J connectivity index is 1.69. The van der Waals surface area contributed by atoms with Crippen molar-refractivity contribution in [3.8, 4) is 0 Å². The Kier molecular flexibility index (Phi) is 5.53. The first-order valence-corrected chi connectivity index (χ1v) is 9.73. The first kappa shape index (κ1) is 18.3. The van der Waals surface area contributed by atoms with Gasteiger partial charge in [0.25, 0.3) is 0 Å². The summed E-state index contributed by atoms with van der Waals surface area (Å²) in [6.45, 7) is 4.57. The molecule has 6 nitrogen and oxygen atoms in total. The SMILES string of the molecule is CCOC(=O)c1cc2cc(NC(=O)N(C)Cc3cnc(C)s3)ccc2s1. The number of esters is 1. The van der Waals surface area contributed by atoms with Crippen LogP contribution in [0, 0.1) is 6.92 Å². The van der Waals surface area contributed by atoms with Crippen molar-refractivity contribution in [2.45, 2.75) is 20.4 Å². The molecule has 2 amide bonds. The van der Waals surface area contributed by atoms with Crippen molar-refractivity contribution in [3.63, 3.8) is 0 Å². The molecule has 0 spiro atoms. The average Bonchev–Trinajstić information content (AvgIpc) is 3.20. The van der Waals surface area contributed by atoms with Crippen molar-refractivity contribution in [2.24, 2.45) is 0 Å². The maximum Gasteiger partial charge on any atom is 0.348 e. The highest BCUT2D eigenvalue weighted by molar-refractivity contribution is 7.20. The first-order chi connectivity index (χ1) is 12.5. The van der Waals surface area contributed by atoms with Gasteiger partial charge in [-0.1, -0.05) is 0 Å². The van der Waals surface area contributed by atoms with Crippen molar-refractivity contribution in [3.05, 3.63) is 45.2 Å². The molecule has 0 atom stereocenters. The van der Waals surface area contributed by atoms with Crippen molar-refractivity contribution < 1.29 is 14.3 Å². The van der Waals surface area contributed by atoms with E-state index in [1.807, 2.05) is 25.1 Å². The molecule has 1 aromatic carbocycles. The summed E-state index contributed by atoms with van der Waals surface area (Å²) in [5, 5.41) is 4.76. The highest BCUT2D eigenvalue weighted by Crippen LogP contribution is 2.29. The topological polar surface area (TPSA) is 71.5 Å². The Bertz CT molecular complexity index is 948. The van der Waals surface area contributed by atoms with Gasteiger partial charge >= 0.3 is 12.0 Å². The van der Waals surface area contributed by atoms with Crippen LogP contribution in [0.2, 0.25) is 0 Å². The van der Waals surface area contributed by atoms with Crippen molar-refractivity contribution in [2.75, 3.05) is 19.0 Å². The van der Waals surface area contributed by atoms with Crippen LogP contribution in [0.4, 0.5) is 10.5 Å². The van der Waals surface area contributed by atoms with E-state index in [1.165, 1.54) is 11.3 Å². The zero-order chi connectivity index (χ0) is 18.7. The number of amides is 2. The van der Waals surface area contributed by atoms with Crippen molar-refractivity contribution in [1.82, 2.24) is 9.88 Å². The van der Waals surface area contributed by atoms with Crippen LogP contribution in [0.15, 0.2) is 30.5 Å². The number of rotatable bonds is 5. The zero-order valence-corrected chi connectivity index (χ0v) is 16.4. The van der Waals surface area contributed by atoms with Crippen LogP contribution in [-0.4, -0.2) is 35.5 Å². The van der Waals surface area contributed by atoms with Crippen LogP contribution in [-0.2, 0) is 11.3 Å². The molecular weight excluding hydrogens is 370 g/mol. The molecule has 3 rings (SSSR count). The maximum absolute atomic E-state index is 12.4. The van der Waals surface area contributed by atoms with Crippen molar-refractivity contribution in [1.29, 1.82) is 0 Å². The van der Waals surface area contributed by atoms with Gasteiger partial charge in [0.05, 0.1) is 18.2 Å². The van der Waals surface area contributed by atoms with Gasteiger partial charge in [-0.15, -0.1) is 22.7 Å². The van der Waals surface area contributed by atoms with Gasteiger partial charge in [-0.3, -0.25) is 0 Å². The molecule has 0 fully saturated rings. The highest BCUT2D eigenvalue weighted by atomic mass is 32.1. The highest BCUT2D eigenvalue weighted by Gasteiger charge is 2.14. The number of thiophene rings is 1. The molecule has 0 aliphatic rings. The molecule has 1 N–H and O–H groups in total. The van der Waals surface area contributed by atoms with E-state index in [0.717, 1.165) is 20.0 Å². The Morgan fingerprint density at radius 3 is 2.77 bits per heavy atom. The molecule has 0 aliphatic heterocycles. The molecule has 0 radical (unpaired) electrons. The quantitative estimate of drug-likeness (QED) is 0.652. The van der Waals surface area contributed by atoms with E-state index < -0.39 is 0 Å². The number of thiazole rings is 1. The predicted octanol–water partition coefficient (Wildman–Crippen LogP) is 4.51. The number of hydrogen-bond acceptors (Lipinski definition) is 6. The minimum absolute atomic E-state index is 0.198. The third kappa shape index (κ3) is 4.20. The first-order valence-electron chi connectivity index (χ1n) is 8.10. The van der Waals surface area contributed by atoms with E-state index in [1.54, 1.807) is 42.5 Å². The molecule has 0 aliphatic carbocycles. The number of aryl methyl sites for hydroxylation is 1. The van der Waals surface area contributed by atoms with Crippen LogP contribution < -0.4 is 5.32 Å². The van der Waals surface area contributed by atoms with Gasteiger partial charge in [0.15, 0.2) is 0 Å². The van der Waals surface area contributed by atoms with Gasteiger partial charge in [0.2, 0.25) is 0 Å². The lowest BCUT2D eigenvalue weighted by Crippen LogP contribution is -2.30. The number of anilines is 1. The van der Waals surface area contributed by atoms with Crippen molar-refractivity contribution >= 4 is 50.4 Å².